The minimum atomic E-state index is -4.51. The molecule has 0 bridgehead atoms. The number of carbonyl (C=O) groups excluding carboxylic acids is 2. The van der Waals surface area contributed by atoms with Gasteiger partial charge in [-0.05, 0) is 50.2 Å². The lowest BCUT2D eigenvalue weighted by Crippen LogP contribution is -2.39. The Kier molecular flexibility index (Phi) is 7.96. The summed E-state index contributed by atoms with van der Waals surface area (Å²) in [5.41, 5.74) is -0.287. The number of hydrogen-bond donors (Lipinski definition) is 3. The lowest BCUT2D eigenvalue weighted by Gasteiger charge is -2.24. The number of aliphatic hydroxyl groups is 1. The van der Waals surface area contributed by atoms with Gasteiger partial charge in [-0.3, -0.25) is 14.5 Å². The lowest BCUT2D eigenvalue weighted by molar-refractivity contribution is -0.137. The van der Waals surface area contributed by atoms with Crippen molar-refractivity contribution in [3.05, 3.63) is 59.7 Å². The third-order valence-electron chi connectivity index (χ3n) is 4.32. The topological polar surface area (TPSA) is 81.7 Å². The van der Waals surface area contributed by atoms with E-state index in [0.29, 0.717) is 12.2 Å². The first-order valence-corrected chi connectivity index (χ1v) is 9.33. The Balaban J connectivity index is 2.06. The van der Waals surface area contributed by atoms with Crippen LogP contribution in [-0.2, 0) is 11.0 Å². The van der Waals surface area contributed by atoms with Crippen molar-refractivity contribution in [3.63, 3.8) is 0 Å². The van der Waals surface area contributed by atoms with Gasteiger partial charge >= 0.3 is 6.18 Å². The molecule has 2 amide bonds. The van der Waals surface area contributed by atoms with Gasteiger partial charge in [0.2, 0.25) is 5.91 Å². The molecule has 0 heterocycles. The van der Waals surface area contributed by atoms with Crippen molar-refractivity contribution in [1.29, 1.82) is 0 Å². The number of hydrogen-bond acceptors (Lipinski definition) is 4. The molecule has 6 nitrogen and oxygen atoms in total. The van der Waals surface area contributed by atoms with E-state index in [4.69, 9.17) is 5.11 Å². The van der Waals surface area contributed by atoms with Crippen LogP contribution in [0, 0.1) is 0 Å². The van der Waals surface area contributed by atoms with E-state index in [2.05, 4.69) is 10.6 Å². The van der Waals surface area contributed by atoms with Crippen molar-refractivity contribution < 1.29 is 27.9 Å². The number of benzene rings is 2. The van der Waals surface area contributed by atoms with Crippen molar-refractivity contribution >= 4 is 23.2 Å². The summed E-state index contributed by atoms with van der Waals surface area (Å²) in [5, 5.41) is 14.2. The Morgan fingerprint density at radius 1 is 1.03 bits per heavy atom. The van der Waals surface area contributed by atoms with Crippen LogP contribution in [0.2, 0.25) is 0 Å². The molecule has 0 aromatic heterocycles. The van der Waals surface area contributed by atoms with E-state index in [1.807, 2.05) is 13.8 Å². The predicted molar refractivity (Wildman–Crippen MR) is 108 cm³/mol. The van der Waals surface area contributed by atoms with Crippen LogP contribution in [0.5, 0.6) is 0 Å². The maximum Gasteiger partial charge on any atom is 0.416 e. The van der Waals surface area contributed by atoms with Crippen molar-refractivity contribution in [3.8, 4) is 0 Å². The fourth-order valence-electron chi connectivity index (χ4n) is 2.75. The molecule has 0 saturated carbocycles. The van der Waals surface area contributed by atoms with Crippen LogP contribution in [0.3, 0.4) is 0 Å². The highest BCUT2D eigenvalue weighted by Gasteiger charge is 2.30. The normalized spacial score (nSPS) is 11.6. The lowest BCUT2D eigenvalue weighted by atomic mass is 10.1. The minimum absolute atomic E-state index is 0.0147. The van der Waals surface area contributed by atoms with Gasteiger partial charge in [0.25, 0.3) is 5.91 Å². The molecule has 2 aromatic carbocycles. The second-order valence-electron chi connectivity index (χ2n) is 6.95. The summed E-state index contributed by atoms with van der Waals surface area (Å²) in [6.07, 6.45) is -4.51. The molecule has 0 fully saturated rings. The van der Waals surface area contributed by atoms with Gasteiger partial charge in [-0.2, -0.15) is 13.2 Å². The summed E-state index contributed by atoms with van der Waals surface area (Å²) in [6, 6.07) is 10.5. The quantitative estimate of drug-likeness (QED) is 0.606. The Hall–Kier alpha value is -2.91. The first kappa shape index (κ1) is 23.4. The molecule has 0 aliphatic heterocycles. The summed E-state index contributed by atoms with van der Waals surface area (Å²) in [6.45, 7) is 4.16. The zero-order valence-electron chi connectivity index (χ0n) is 16.7. The van der Waals surface area contributed by atoms with Gasteiger partial charge in [-0.15, -0.1) is 0 Å². The number of amides is 2. The third kappa shape index (κ3) is 6.85. The first-order valence-electron chi connectivity index (χ1n) is 9.33. The molecule has 2 aromatic rings. The standard InChI is InChI=1S/C21H24F3N3O3/c1-14(2)27(9-10-28)13-19(29)25-17-7-3-5-15(11-17)20(30)26-18-8-4-6-16(12-18)21(22,23)24/h3-8,11-12,14,28H,9-10,13H2,1-2H3,(H,25,29)(H,26,30). The molecule has 9 heteroatoms. The van der Waals surface area contributed by atoms with E-state index in [1.54, 1.807) is 17.0 Å². The molecule has 162 valence electrons. The van der Waals surface area contributed by atoms with Gasteiger partial charge < -0.3 is 15.7 Å². The van der Waals surface area contributed by atoms with Crippen LogP contribution in [0.1, 0.15) is 29.8 Å². The Morgan fingerprint density at radius 2 is 1.67 bits per heavy atom. The van der Waals surface area contributed by atoms with E-state index in [0.717, 1.165) is 12.1 Å². The molecule has 0 spiro atoms. The predicted octanol–water partition coefficient (Wildman–Crippen LogP) is 3.60. The van der Waals surface area contributed by atoms with Gasteiger partial charge in [0.05, 0.1) is 18.7 Å². The maximum atomic E-state index is 12.8. The van der Waals surface area contributed by atoms with Crippen LogP contribution in [-0.4, -0.2) is 47.6 Å². The highest BCUT2D eigenvalue weighted by Crippen LogP contribution is 2.30. The second kappa shape index (κ2) is 10.2. The van der Waals surface area contributed by atoms with E-state index >= 15 is 0 Å². The minimum Gasteiger partial charge on any atom is -0.395 e. The molecule has 2 rings (SSSR count). The number of rotatable bonds is 8. The van der Waals surface area contributed by atoms with Gasteiger partial charge in [0.15, 0.2) is 0 Å². The van der Waals surface area contributed by atoms with E-state index < -0.39 is 17.6 Å². The number of alkyl halides is 3. The number of anilines is 2. The summed E-state index contributed by atoms with van der Waals surface area (Å²) in [5.74, 6) is -0.915. The van der Waals surface area contributed by atoms with Crippen molar-refractivity contribution in [2.75, 3.05) is 30.3 Å². The molecule has 0 aliphatic carbocycles. The van der Waals surface area contributed by atoms with Crippen molar-refractivity contribution in [2.45, 2.75) is 26.1 Å². The number of halogens is 3. The second-order valence-corrected chi connectivity index (χ2v) is 6.95. The van der Waals surface area contributed by atoms with Gasteiger partial charge in [0, 0.05) is 29.5 Å². The van der Waals surface area contributed by atoms with Gasteiger partial charge in [-0.1, -0.05) is 12.1 Å². The maximum absolute atomic E-state index is 12.8. The average molecular weight is 423 g/mol. The Bertz CT molecular complexity index is 885. The van der Waals surface area contributed by atoms with E-state index in [9.17, 15) is 22.8 Å². The van der Waals surface area contributed by atoms with Crippen LogP contribution < -0.4 is 10.6 Å². The summed E-state index contributed by atoms with van der Waals surface area (Å²) in [7, 11) is 0. The highest BCUT2D eigenvalue weighted by molar-refractivity contribution is 6.05. The van der Waals surface area contributed by atoms with E-state index in [-0.39, 0.29) is 36.4 Å². The molecular formula is C21H24F3N3O3. The SMILES string of the molecule is CC(C)N(CCO)CC(=O)Nc1cccc(C(=O)Nc2cccc(C(F)(F)F)c2)c1. The fourth-order valence-corrected chi connectivity index (χ4v) is 2.75. The third-order valence-corrected chi connectivity index (χ3v) is 4.32. The number of aliphatic hydroxyl groups excluding tert-OH is 1. The molecule has 0 radical (unpaired) electrons. The molecule has 30 heavy (non-hydrogen) atoms. The summed E-state index contributed by atoms with van der Waals surface area (Å²) in [4.78, 5) is 26.5. The smallest absolute Gasteiger partial charge is 0.395 e. The fraction of sp³-hybridized carbons (Fsp3) is 0.333. The molecule has 0 aliphatic rings. The molecule has 3 N–H and O–H groups in total. The number of nitrogens with one attached hydrogen (secondary N) is 2. The molecular weight excluding hydrogens is 399 g/mol. The molecule has 0 atom stereocenters. The number of nitrogens with zero attached hydrogens (tertiary/aromatic N) is 1. The van der Waals surface area contributed by atoms with Crippen molar-refractivity contribution in [1.82, 2.24) is 4.90 Å². The first-order chi connectivity index (χ1) is 14.1. The highest BCUT2D eigenvalue weighted by atomic mass is 19.4. The van der Waals surface area contributed by atoms with Crippen LogP contribution in [0.15, 0.2) is 48.5 Å². The number of carbonyl (C=O) groups is 2. The zero-order chi connectivity index (χ0) is 22.3. The largest absolute Gasteiger partial charge is 0.416 e. The van der Waals surface area contributed by atoms with Crippen LogP contribution in [0.25, 0.3) is 0 Å². The average Bonchev–Trinajstić information content (AvgIpc) is 2.67. The molecule has 0 unspecified atom stereocenters. The molecule has 0 saturated heterocycles. The monoisotopic (exact) mass is 423 g/mol. The van der Waals surface area contributed by atoms with Gasteiger partial charge in [-0.25, -0.2) is 0 Å². The van der Waals surface area contributed by atoms with Gasteiger partial charge in [0.1, 0.15) is 0 Å². The summed E-state index contributed by atoms with van der Waals surface area (Å²) < 4.78 is 38.5. The Labute approximate surface area is 172 Å². The van der Waals surface area contributed by atoms with Crippen LogP contribution in [0.4, 0.5) is 24.5 Å². The summed E-state index contributed by atoms with van der Waals surface area (Å²) >= 11 is 0. The Morgan fingerprint density at radius 3 is 2.27 bits per heavy atom. The zero-order valence-corrected chi connectivity index (χ0v) is 16.7. The van der Waals surface area contributed by atoms with Crippen LogP contribution >= 0.6 is 0 Å². The van der Waals surface area contributed by atoms with E-state index in [1.165, 1.54) is 24.3 Å². The van der Waals surface area contributed by atoms with Crippen molar-refractivity contribution in [2.24, 2.45) is 0 Å².